The molecule has 0 bridgehead atoms. The van der Waals surface area contributed by atoms with Gasteiger partial charge < -0.3 is 10.1 Å². The maximum absolute atomic E-state index is 13.1. The minimum absolute atomic E-state index is 0.0451. The van der Waals surface area contributed by atoms with Gasteiger partial charge in [0, 0.05) is 6.04 Å². The summed E-state index contributed by atoms with van der Waals surface area (Å²) in [5.41, 5.74) is -0.206. The third kappa shape index (κ3) is 3.15. The van der Waals surface area contributed by atoms with Crippen LogP contribution in [0.1, 0.15) is 13.8 Å². The van der Waals surface area contributed by atoms with Crippen LogP contribution in [0.4, 0.5) is 0 Å². The zero-order valence-electron chi connectivity index (χ0n) is 14.7. The van der Waals surface area contributed by atoms with Crippen LogP contribution < -0.4 is 21.3 Å². The number of nitrogens with zero attached hydrogens (tertiary/aromatic N) is 2. The summed E-state index contributed by atoms with van der Waals surface area (Å²) in [5.74, 6) is 0.112. The highest BCUT2D eigenvalue weighted by Gasteiger charge is 2.19. The lowest BCUT2D eigenvalue weighted by molar-refractivity contribution is -0.122. The molecule has 0 spiro atoms. The van der Waals surface area contributed by atoms with Gasteiger partial charge in [-0.05, 0) is 37.4 Å². The van der Waals surface area contributed by atoms with Crippen molar-refractivity contribution in [3.63, 3.8) is 0 Å². The van der Waals surface area contributed by atoms with Crippen molar-refractivity contribution in [3.05, 3.63) is 56.5 Å². The van der Waals surface area contributed by atoms with Crippen molar-refractivity contribution >= 4 is 27.5 Å². The van der Waals surface area contributed by atoms with Crippen LogP contribution in [0.3, 0.4) is 0 Å². The Balaban J connectivity index is 2.27. The lowest BCUT2D eigenvalue weighted by atomic mass is 10.3. The number of methoxy groups -OCH3 is 1. The number of rotatable bonds is 5. The molecule has 2 aromatic heterocycles. The molecule has 0 atom stereocenters. The van der Waals surface area contributed by atoms with Gasteiger partial charge in [0.2, 0.25) is 5.91 Å². The Morgan fingerprint density at radius 1 is 1.23 bits per heavy atom. The van der Waals surface area contributed by atoms with Gasteiger partial charge in [-0.2, -0.15) is 0 Å². The number of amides is 1. The normalized spacial score (nSPS) is 11.1. The Labute approximate surface area is 153 Å². The van der Waals surface area contributed by atoms with Crippen LogP contribution in [0.2, 0.25) is 0 Å². The summed E-state index contributed by atoms with van der Waals surface area (Å²) in [6.07, 6.45) is 0. The topological polar surface area (TPSA) is 82.3 Å². The average Bonchev–Trinajstić information content (AvgIpc) is 3.08. The van der Waals surface area contributed by atoms with Gasteiger partial charge in [0.1, 0.15) is 17.0 Å². The molecule has 136 valence electrons. The van der Waals surface area contributed by atoms with Gasteiger partial charge >= 0.3 is 5.69 Å². The molecule has 0 fully saturated rings. The Bertz CT molecular complexity index is 1080. The van der Waals surface area contributed by atoms with E-state index in [1.807, 2.05) is 13.8 Å². The summed E-state index contributed by atoms with van der Waals surface area (Å²) in [6, 6.07) is 8.42. The fourth-order valence-electron chi connectivity index (χ4n) is 2.78. The van der Waals surface area contributed by atoms with Crippen molar-refractivity contribution in [1.82, 2.24) is 14.5 Å². The standard InChI is InChI=1S/C18H19N3O4S/c1-11(2)19-15(22)10-20-13-8-9-26-16(13)17(23)21(18(20)24)12-6-4-5-7-14(12)25-3/h4-9,11H,10H2,1-3H3,(H,19,22). The van der Waals surface area contributed by atoms with Gasteiger partial charge in [0.05, 0.1) is 18.3 Å². The van der Waals surface area contributed by atoms with E-state index < -0.39 is 11.2 Å². The molecule has 8 heteroatoms. The second kappa shape index (κ2) is 7.17. The summed E-state index contributed by atoms with van der Waals surface area (Å²) in [7, 11) is 1.47. The number of hydrogen-bond donors (Lipinski definition) is 1. The lowest BCUT2D eigenvalue weighted by Crippen LogP contribution is -2.42. The van der Waals surface area contributed by atoms with Crippen LogP contribution in [0.5, 0.6) is 5.75 Å². The maximum atomic E-state index is 13.1. The first-order chi connectivity index (χ1) is 12.4. The van der Waals surface area contributed by atoms with E-state index in [1.165, 1.54) is 23.0 Å². The molecule has 1 aromatic carbocycles. The van der Waals surface area contributed by atoms with Crippen molar-refractivity contribution in [3.8, 4) is 11.4 Å². The van der Waals surface area contributed by atoms with E-state index in [1.54, 1.807) is 35.7 Å². The van der Waals surface area contributed by atoms with Gasteiger partial charge in [-0.1, -0.05) is 12.1 Å². The molecule has 0 saturated carbocycles. The van der Waals surface area contributed by atoms with E-state index in [-0.39, 0.29) is 18.5 Å². The molecule has 0 saturated heterocycles. The predicted octanol–water partition coefficient (Wildman–Crippen LogP) is 1.75. The van der Waals surface area contributed by atoms with Crippen molar-refractivity contribution < 1.29 is 9.53 Å². The van der Waals surface area contributed by atoms with Crippen LogP contribution in [0, 0.1) is 0 Å². The van der Waals surface area contributed by atoms with Crippen LogP contribution in [0.25, 0.3) is 15.9 Å². The molecule has 3 rings (SSSR count). The fraction of sp³-hybridized carbons (Fsp3) is 0.278. The van der Waals surface area contributed by atoms with E-state index in [4.69, 9.17) is 4.74 Å². The number of aromatic nitrogens is 2. The van der Waals surface area contributed by atoms with Gasteiger partial charge in [0.25, 0.3) is 5.56 Å². The van der Waals surface area contributed by atoms with Crippen molar-refractivity contribution in [2.75, 3.05) is 7.11 Å². The second-order valence-electron chi connectivity index (χ2n) is 6.04. The zero-order valence-corrected chi connectivity index (χ0v) is 15.5. The van der Waals surface area contributed by atoms with E-state index >= 15 is 0 Å². The number of para-hydroxylation sites is 2. The number of carbonyl (C=O) groups is 1. The molecule has 0 aliphatic carbocycles. The molecule has 0 radical (unpaired) electrons. The first-order valence-corrected chi connectivity index (χ1v) is 8.97. The lowest BCUT2D eigenvalue weighted by Gasteiger charge is -2.15. The molecular formula is C18H19N3O4S. The SMILES string of the molecule is COc1ccccc1-n1c(=O)c2sccc2n(CC(=O)NC(C)C)c1=O. The molecule has 2 heterocycles. The van der Waals surface area contributed by atoms with Crippen LogP contribution >= 0.6 is 11.3 Å². The maximum Gasteiger partial charge on any atom is 0.336 e. The van der Waals surface area contributed by atoms with Crippen LogP contribution in [0.15, 0.2) is 45.3 Å². The third-order valence-corrected chi connectivity index (χ3v) is 4.72. The number of nitrogens with one attached hydrogen (secondary N) is 1. The molecule has 3 aromatic rings. The number of ether oxygens (including phenoxy) is 1. The van der Waals surface area contributed by atoms with E-state index in [2.05, 4.69) is 5.32 Å². The Hall–Kier alpha value is -2.87. The minimum atomic E-state index is -0.579. The van der Waals surface area contributed by atoms with Crippen LogP contribution in [-0.2, 0) is 11.3 Å². The molecule has 7 nitrogen and oxygen atoms in total. The van der Waals surface area contributed by atoms with Crippen LogP contribution in [-0.4, -0.2) is 28.2 Å². The summed E-state index contributed by atoms with van der Waals surface area (Å²) in [4.78, 5) is 38.2. The molecule has 0 aliphatic rings. The number of benzene rings is 1. The Kier molecular flexibility index (Phi) is 4.94. The van der Waals surface area contributed by atoms with Crippen molar-refractivity contribution in [1.29, 1.82) is 0 Å². The average molecular weight is 373 g/mol. The van der Waals surface area contributed by atoms with Crippen molar-refractivity contribution in [2.24, 2.45) is 0 Å². The summed E-state index contributed by atoms with van der Waals surface area (Å²) in [5, 5.41) is 4.50. The smallest absolute Gasteiger partial charge is 0.336 e. The molecule has 26 heavy (non-hydrogen) atoms. The molecular weight excluding hydrogens is 354 g/mol. The minimum Gasteiger partial charge on any atom is -0.495 e. The zero-order chi connectivity index (χ0) is 18.8. The number of carbonyl (C=O) groups excluding carboxylic acids is 1. The van der Waals surface area contributed by atoms with Gasteiger partial charge in [-0.15, -0.1) is 11.3 Å². The summed E-state index contributed by atoms with van der Waals surface area (Å²) >= 11 is 1.23. The highest BCUT2D eigenvalue weighted by Crippen LogP contribution is 2.21. The third-order valence-electron chi connectivity index (χ3n) is 3.83. The summed E-state index contributed by atoms with van der Waals surface area (Å²) in [6.45, 7) is 3.52. The van der Waals surface area contributed by atoms with E-state index in [9.17, 15) is 14.4 Å². The highest BCUT2D eigenvalue weighted by atomic mass is 32.1. The number of fused-ring (bicyclic) bond motifs is 1. The monoisotopic (exact) mass is 373 g/mol. The van der Waals surface area contributed by atoms with E-state index in [0.29, 0.717) is 21.7 Å². The largest absolute Gasteiger partial charge is 0.495 e. The van der Waals surface area contributed by atoms with Gasteiger partial charge in [0.15, 0.2) is 0 Å². The first kappa shape index (κ1) is 17.9. The molecule has 0 unspecified atom stereocenters. The molecule has 0 aliphatic heterocycles. The van der Waals surface area contributed by atoms with Gasteiger partial charge in [-0.25, -0.2) is 9.36 Å². The second-order valence-corrected chi connectivity index (χ2v) is 6.95. The highest BCUT2D eigenvalue weighted by molar-refractivity contribution is 7.17. The van der Waals surface area contributed by atoms with Crippen molar-refractivity contribution in [2.45, 2.75) is 26.4 Å². The van der Waals surface area contributed by atoms with E-state index in [0.717, 1.165) is 4.57 Å². The summed E-state index contributed by atoms with van der Waals surface area (Å²) < 4.78 is 8.08. The fourth-order valence-corrected chi connectivity index (χ4v) is 3.60. The number of hydrogen-bond acceptors (Lipinski definition) is 5. The Morgan fingerprint density at radius 2 is 1.96 bits per heavy atom. The Morgan fingerprint density at radius 3 is 2.65 bits per heavy atom. The van der Waals surface area contributed by atoms with Gasteiger partial charge in [-0.3, -0.25) is 14.2 Å². The number of thiophene rings is 1. The molecule has 1 N–H and O–H groups in total. The quantitative estimate of drug-likeness (QED) is 0.739. The molecule has 1 amide bonds. The first-order valence-electron chi connectivity index (χ1n) is 8.10. The predicted molar refractivity (Wildman–Crippen MR) is 102 cm³/mol.